The van der Waals surface area contributed by atoms with Crippen LogP contribution in [0.15, 0.2) is 30.3 Å². The fourth-order valence-electron chi connectivity index (χ4n) is 1.16. The van der Waals surface area contributed by atoms with Crippen molar-refractivity contribution in [1.29, 1.82) is 0 Å². The van der Waals surface area contributed by atoms with Crippen molar-refractivity contribution in [1.82, 2.24) is 0 Å². The first-order valence-corrected chi connectivity index (χ1v) is 6.71. The molecule has 0 spiro atoms. The monoisotopic (exact) mass is 232 g/mol. The molecule has 1 saturated heterocycles. The van der Waals surface area contributed by atoms with Crippen molar-refractivity contribution >= 4 is 21.4 Å². The highest BCUT2D eigenvalue weighted by molar-refractivity contribution is 7.91. The molecule has 0 aromatic heterocycles. The van der Waals surface area contributed by atoms with Crippen LogP contribution in [0.2, 0.25) is 5.02 Å². The maximum absolute atomic E-state index is 10.4. The fourth-order valence-corrected chi connectivity index (χ4v) is 2.80. The molecule has 0 unspecified atom stereocenters. The van der Waals surface area contributed by atoms with Crippen molar-refractivity contribution in [3.63, 3.8) is 0 Å². The lowest BCUT2D eigenvalue weighted by molar-refractivity contribution is 0.602. The standard InChI is InChI=1S/C6H5Cl.C4H8O2S/c7-6-4-2-1-3-5-6;5-7(6)3-1-2-4-7/h1-5H;1-4H2. The summed E-state index contributed by atoms with van der Waals surface area (Å²) in [6.07, 6.45) is 1.75. The van der Waals surface area contributed by atoms with Crippen LogP contribution in [0.5, 0.6) is 0 Å². The molecule has 0 N–H and O–H groups in total. The molecule has 1 fully saturated rings. The first-order valence-electron chi connectivity index (χ1n) is 4.51. The van der Waals surface area contributed by atoms with Crippen LogP contribution in [0.25, 0.3) is 0 Å². The van der Waals surface area contributed by atoms with Crippen LogP contribution in [0.1, 0.15) is 12.8 Å². The third kappa shape index (κ3) is 4.63. The largest absolute Gasteiger partial charge is 0.229 e. The van der Waals surface area contributed by atoms with Gasteiger partial charge >= 0.3 is 0 Å². The summed E-state index contributed by atoms with van der Waals surface area (Å²) in [6.45, 7) is 0. The molecule has 0 radical (unpaired) electrons. The Morgan fingerprint density at radius 2 is 1.50 bits per heavy atom. The fraction of sp³-hybridized carbons (Fsp3) is 0.400. The van der Waals surface area contributed by atoms with Crippen LogP contribution in [0.3, 0.4) is 0 Å². The van der Waals surface area contributed by atoms with Gasteiger partial charge in [-0.05, 0) is 25.0 Å². The second kappa shape index (κ2) is 5.37. The molecule has 1 aliphatic rings. The summed E-state index contributed by atoms with van der Waals surface area (Å²) in [5, 5.41) is 0.794. The topological polar surface area (TPSA) is 34.1 Å². The van der Waals surface area contributed by atoms with Gasteiger partial charge in [-0.3, -0.25) is 0 Å². The normalized spacial score (nSPS) is 18.4. The highest BCUT2D eigenvalue weighted by atomic mass is 35.5. The van der Waals surface area contributed by atoms with E-state index in [1.807, 2.05) is 30.3 Å². The van der Waals surface area contributed by atoms with E-state index in [0.29, 0.717) is 11.5 Å². The zero-order valence-electron chi connectivity index (χ0n) is 7.82. The Morgan fingerprint density at radius 3 is 1.71 bits per heavy atom. The minimum Gasteiger partial charge on any atom is -0.229 e. The predicted molar refractivity (Wildman–Crippen MR) is 59.3 cm³/mol. The Kier molecular flexibility index (Phi) is 4.42. The number of hydrogen-bond donors (Lipinski definition) is 0. The molecule has 0 atom stereocenters. The van der Waals surface area contributed by atoms with Crippen molar-refractivity contribution in [2.75, 3.05) is 11.5 Å². The van der Waals surface area contributed by atoms with E-state index in [0.717, 1.165) is 17.9 Å². The van der Waals surface area contributed by atoms with Gasteiger partial charge in [-0.1, -0.05) is 29.8 Å². The molecule has 78 valence electrons. The number of benzene rings is 1. The molecule has 0 amide bonds. The van der Waals surface area contributed by atoms with Crippen molar-refractivity contribution in [3.05, 3.63) is 35.4 Å². The maximum atomic E-state index is 10.4. The summed E-state index contributed by atoms with van der Waals surface area (Å²) in [5.74, 6) is 0.847. The van der Waals surface area contributed by atoms with E-state index in [2.05, 4.69) is 0 Å². The van der Waals surface area contributed by atoms with E-state index in [1.54, 1.807) is 0 Å². The maximum Gasteiger partial charge on any atom is 0.150 e. The zero-order chi connectivity index (χ0) is 10.4. The molecule has 1 aromatic carbocycles. The Morgan fingerprint density at radius 1 is 1.00 bits per heavy atom. The first-order chi connectivity index (χ1) is 6.60. The minimum absolute atomic E-state index is 0.424. The second-order valence-corrected chi connectivity index (χ2v) is 5.89. The molecule has 0 bridgehead atoms. The van der Waals surface area contributed by atoms with Crippen molar-refractivity contribution in [2.24, 2.45) is 0 Å². The van der Waals surface area contributed by atoms with E-state index in [4.69, 9.17) is 11.6 Å². The Hall–Kier alpha value is -0.540. The smallest absolute Gasteiger partial charge is 0.150 e. The van der Waals surface area contributed by atoms with Crippen LogP contribution in [-0.4, -0.2) is 19.9 Å². The molecule has 1 aliphatic heterocycles. The minimum atomic E-state index is -2.55. The highest BCUT2D eigenvalue weighted by Gasteiger charge is 2.16. The number of rotatable bonds is 0. The van der Waals surface area contributed by atoms with E-state index < -0.39 is 9.84 Å². The highest BCUT2D eigenvalue weighted by Crippen LogP contribution is 2.08. The summed E-state index contributed by atoms with van der Waals surface area (Å²) in [5.41, 5.74) is 0. The molecule has 2 rings (SSSR count). The third-order valence-electron chi connectivity index (χ3n) is 1.89. The van der Waals surface area contributed by atoms with E-state index >= 15 is 0 Å². The van der Waals surface area contributed by atoms with Gasteiger partial charge in [0.25, 0.3) is 0 Å². The molecule has 14 heavy (non-hydrogen) atoms. The van der Waals surface area contributed by atoms with Crippen LogP contribution in [0, 0.1) is 0 Å². The van der Waals surface area contributed by atoms with Gasteiger partial charge in [0.2, 0.25) is 0 Å². The summed E-state index contributed by atoms with van der Waals surface area (Å²) in [7, 11) is -2.55. The van der Waals surface area contributed by atoms with Crippen LogP contribution in [-0.2, 0) is 9.84 Å². The lowest BCUT2D eigenvalue weighted by Gasteiger charge is -1.81. The SMILES string of the molecule is Clc1ccccc1.O=S1(=O)CCCC1. The predicted octanol–water partition coefficient (Wildman–Crippen LogP) is 2.54. The van der Waals surface area contributed by atoms with Gasteiger partial charge in [-0.15, -0.1) is 0 Å². The molecule has 1 aromatic rings. The third-order valence-corrected chi connectivity index (χ3v) is 3.97. The van der Waals surface area contributed by atoms with Gasteiger partial charge in [-0.2, -0.15) is 0 Å². The summed E-state index contributed by atoms with van der Waals surface area (Å²) in [6, 6.07) is 9.44. The lowest BCUT2D eigenvalue weighted by atomic mass is 10.4. The first kappa shape index (κ1) is 11.5. The van der Waals surface area contributed by atoms with E-state index in [1.165, 1.54) is 0 Å². The summed E-state index contributed by atoms with van der Waals surface area (Å²) in [4.78, 5) is 0. The van der Waals surface area contributed by atoms with Gasteiger partial charge < -0.3 is 0 Å². The van der Waals surface area contributed by atoms with Gasteiger partial charge in [0, 0.05) is 5.02 Å². The Balaban J connectivity index is 0.000000140. The number of halogens is 1. The molecule has 4 heteroatoms. The quantitative estimate of drug-likeness (QED) is 0.689. The molecule has 2 nitrogen and oxygen atoms in total. The van der Waals surface area contributed by atoms with E-state index in [-0.39, 0.29) is 0 Å². The van der Waals surface area contributed by atoms with Crippen molar-refractivity contribution in [3.8, 4) is 0 Å². The molecular formula is C10H13ClO2S. The van der Waals surface area contributed by atoms with Crippen LogP contribution in [0.4, 0.5) is 0 Å². The molecule has 0 saturated carbocycles. The van der Waals surface area contributed by atoms with Gasteiger partial charge in [-0.25, -0.2) is 8.42 Å². The Labute approximate surface area is 89.8 Å². The zero-order valence-corrected chi connectivity index (χ0v) is 9.39. The van der Waals surface area contributed by atoms with Gasteiger partial charge in [0.15, 0.2) is 0 Å². The van der Waals surface area contributed by atoms with Gasteiger partial charge in [0.1, 0.15) is 9.84 Å². The molecular weight excluding hydrogens is 220 g/mol. The van der Waals surface area contributed by atoms with Crippen molar-refractivity contribution < 1.29 is 8.42 Å². The van der Waals surface area contributed by atoms with Gasteiger partial charge in [0.05, 0.1) is 11.5 Å². The Bertz CT molecular complexity index is 347. The van der Waals surface area contributed by atoms with E-state index in [9.17, 15) is 8.42 Å². The molecule has 0 aliphatic carbocycles. The number of sulfone groups is 1. The van der Waals surface area contributed by atoms with Crippen LogP contribution >= 0.6 is 11.6 Å². The average Bonchev–Trinajstić information content (AvgIpc) is 2.52. The lowest BCUT2D eigenvalue weighted by Crippen LogP contribution is -1.98. The summed E-state index contributed by atoms with van der Waals surface area (Å²) >= 11 is 5.54. The van der Waals surface area contributed by atoms with Crippen LogP contribution < -0.4 is 0 Å². The average molecular weight is 233 g/mol. The summed E-state index contributed by atoms with van der Waals surface area (Å²) < 4.78 is 20.9. The number of hydrogen-bond acceptors (Lipinski definition) is 2. The second-order valence-electron chi connectivity index (χ2n) is 3.15. The molecule has 1 heterocycles. The van der Waals surface area contributed by atoms with Crippen molar-refractivity contribution in [2.45, 2.75) is 12.8 Å².